The van der Waals surface area contributed by atoms with Crippen LogP contribution in [0.15, 0.2) is 5.10 Å². The number of amides is 2. The van der Waals surface area contributed by atoms with E-state index < -0.39 is 27.7 Å². The fraction of sp³-hybridized carbons (Fsp3) is 0.647. The molecule has 0 fully saturated rings. The molecule has 12 heteroatoms. The lowest BCUT2D eigenvalue weighted by molar-refractivity contribution is 0.0222. The number of hydrazone groups is 1. The Bertz CT molecular complexity index is 915. The van der Waals surface area contributed by atoms with Crippen LogP contribution >= 0.6 is 0 Å². The summed E-state index contributed by atoms with van der Waals surface area (Å²) in [6.45, 7) is 7.28. The van der Waals surface area contributed by atoms with Crippen molar-refractivity contribution in [3.63, 3.8) is 0 Å². The standard InChI is InChI=1S/C17H27N5O6S/c1-11(10-27-29(6,25)26)20-21(5)15(23)14-12-9-22(8-7-13(12)18-19-14)16(24)28-17(2,3)4/h7-10H2,1-6H3,(H,18,19)/b20-11+. The number of hydrogen-bond donors (Lipinski definition) is 1. The van der Waals surface area contributed by atoms with Crippen molar-refractivity contribution in [3.8, 4) is 0 Å². The van der Waals surface area contributed by atoms with Crippen LogP contribution in [0.4, 0.5) is 4.79 Å². The third-order valence-electron chi connectivity index (χ3n) is 3.88. The maximum absolute atomic E-state index is 12.8. The predicted octanol–water partition coefficient (Wildman–Crippen LogP) is 1.13. The van der Waals surface area contributed by atoms with Crippen molar-refractivity contribution in [2.45, 2.75) is 46.3 Å². The molecule has 11 nitrogen and oxygen atoms in total. The Morgan fingerprint density at radius 1 is 1.34 bits per heavy atom. The average molecular weight is 429 g/mol. The highest BCUT2D eigenvalue weighted by atomic mass is 32.2. The van der Waals surface area contributed by atoms with Crippen LogP contribution < -0.4 is 0 Å². The molecular formula is C17H27N5O6S. The van der Waals surface area contributed by atoms with Crippen molar-refractivity contribution in [1.82, 2.24) is 20.1 Å². The number of aromatic amines is 1. The quantitative estimate of drug-likeness (QED) is 0.421. The Morgan fingerprint density at radius 3 is 2.59 bits per heavy atom. The van der Waals surface area contributed by atoms with Crippen LogP contribution in [0.2, 0.25) is 0 Å². The first-order valence-corrected chi connectivity index (χ1v) is 10.8. The van der Waals surface area contributed by atoms with Crippen molar-refractivity contribution in [2.75, 3.05) is 26.5 Å². The molecule has 2 amide bonds. The average Bonchev–Trinajstić information content (AvgIpc) is 3.00. The van der Waals surface area contributed by atoms with Gasteiger partial charge in [0.25, 0.3) is 16.0 Å². The SMILES string of the molecule is C/C(COS(C)(=O)=O)=N\N(C)C(=O)c1[nH]nc2c1CN(C(=O)OC(C)(C)C)CC2. The van der Waals surface area contributed by atoms with Gasteiger partial charge in [0.05, 0.1) is 24.2 Å². The molecule has 162 valence electrons. The molecule has 0 spiro atoms. The van der Waals surface area contributed by atoms with Gasteiger partial charge in [0.15, 0.2) is 0 Å². The summed E-state index contributed by atoms with van der Waals surface area (Å²) < 4.78 is 32.2. The minimum absolute atomic E-state index is 0.190. The minimum Gasteiger partial charge on any atom is -0.444 e. The number of carbonyl (C=O) groups is 2. The molecule has 29 heavy (non-hydrogen) atoms. The highest BCUT2D eigenvalue weighted by Gasteiger charge is 2.31. The third-order valence-corrected chi connectivity index (χ3v) is 4.43. The molecule has 0 radical (unpaired) electrons. The zero-order valence-electron chi connectivity index (χ0n) is 17.5. The van der Waals surface area contributed by atoms with Gasteiger partial charge < -0.3 is 9.64 Å². The second-order valence-corrected chi connectivity index (χ2v) is 9.45. The molecule has 1 aromatic rings. The number of aromatic nitrogens is 2. The van der Waals surface area contributed by atoms with Crippen LogP contribution in [-0.2, 0) is 32.0 Å². The summed E-state index contributed by atoms with van der Waals surface area (Å²) in [5.41, 5.74) is 1.22. The summed E-state index contributed by atoms with van der Waals surface area (Å²) >= 11 is 0. The minimum atomic E-state index is -3.61. The number of nitrogens with one attached hydrogen (secondary N) is 1. The fourth-order valence-electron chi connectivity index (χ4n) is 2.63. The molecule has 0 bridgehead atoms. The second-order valence-electron chi connectivity index (χ2n) is 7.81. The van der Waals surface area contributed by atoms with E-state index in [1.165, 1.54) is 11.9 Å². The van der Waals surface area contributed by atoms with E-state index in [1.54, 1.807) is 27.7 Å². The molecule has 0 saturated heterocycles. The zero-order valence-corrected chi connectivity index (χ0v) is 18.3. The van der Waals surface area contributed by atoms with Gasteiger partial charge in [-0.25, -0.2) is 9.80 Å². The predicted molar refractivity (Wildman–Crippen MR) is 105 cm³/mol. The van der Waals surface area contributed by atoms with E-state index in [-0.39, 0.29) is 18.8 Å². The lowest BCUT2D eigenvalue weighted by Gasteiger charge is -2.30. The van der Waals surface area contributed by atoms with Gasteiger partial charge in [-0.3, -0.25) is 14.1 Å². The summed E-state index contributed by atoms with van der Waals surface area (Å²) in [5, 5.41) is 12.0. The van der Waals surface area contributed by atoms with Crippen molar-refractivity contribution in [2.24, 2.45) is 5.10 Å². The Balaban J connectivity index is 2.12. The summed E-state index contributed by atoms with van der Waals surface area (Å²) in [5.74, 6) is -0.469. The van der Waals surface area contributed by atoms with E-state index in [9.17, 15) is 18.0 Å². The molecule has 1 aliphatic rings. The van der Waals surface area contributed by atoms with Gasteiger partial charge in [-0.1, -0.05) is 0 Å². The molecule has 0 saturated carbocycles. The Labute approximate surface area is 170 Å². The van der Waals surface area contributed by atoms with Crippen LogP contribution in [0.3, 0.4) is 0 Å². The topological polar surface area (TPSA) is 134 Å². The Morgan fingerprint density at radius 2 is 2.00 bits per heavy atom. The smallest absolute Gasteiger partial charge is 0.410 e. The van der Waals surface area contributed by atoms with Gasteiger partial charge in [0, 0.05) is 25.6 Å². The maximum atomic E-state index is 12.8. The van der Waals surface area contributed by atoms with Crippen LogP contribution in [-0.4, -0.2) is 78.3 Å². The van der Waals surface area contributed by atoms with Gasteiger partial charge in [-0.05, 0) is 27.7 Å². The lowest BCUT2D eigenvalue weighted by atomic mass is 10.1. The van der Waals surface area contributed by atoms with Crippen molar-refractivity contribution >= 4 is 27.8 Å². The number of ether oxygens (including phenoxy) is 1. The molecule has 1 aliphatic heterocycles. The lowest BCUT2D eigenvalue weighted by Crippen LogP contribution is -2.40. The van der Waals surface area contributed by atoms with Crippen molar-refractivity contribution in [3.05, 3.63) is 17.0 Å². The molecule has 0 aromatic carbocycles. The molecule has 0 aliphatic carbocycles. The monoisotopic (exact) mass is 429 g/mol. The molecule has 0 atom stereocenters. The van der Waals surface area contributed by atoms with E-state index in [2.05, 4.69) is 19.5 Å². The molecule has 2 heterocycles. The van der Waals surface area contributed by atoms with E-state index in [0.717, 1.165) is 11.3 Å². The number of nitrogens with zero attached hydrogens (tertiary/aromatic N) is 4. The highest BCUT2D eigenvalue weighted by Crippen LogP contribution is 2.23. The summed E-state index contributed by atoms with van der Waals surface area (Å²) in [4.78, 5) is 26.6. The highest BCUT2D eigenvalue weighted by molar-refractivity contribution is 7.86. The maximum Gasteiger partial charge on any atom is 0.410 e. The normalized spacial score (nSPS) is 15.1. The van der Waals surface area contributed by atoms with E-state index >= 15 is 0 Å². The summed E-state index contributed by atoms with van der Waals surface area (Å²) in [6, 6.07) is 0. The molecular weight excluding hydrogens is 402 g/mol. The molecule has 0 unspecified atom stereocenters. The van der Waals surface area contributed by atoms with Crippen LogP contribution in [0.1, 0.15) is 49.4 Å². The van der Waals surface area contributed by atoms with E-state index in [4.69, 9.17) is 4.74 Å². The first-order valence-electron chi connectivity index (χ1n) is 8.97. The van der Waals surface area contributed by atoms with Crippen molar-refractivity contribution in [1.29, 1.82) is 0 Å². The van der Waals surface area contributed by atoms with Gasteiger partial charge in [0.2, 0.25) is 0 Å². The Hall–Kier alpha value is -2.47. The molecule has 1 N–H and O–H groups in total. The number of fused-ring (bicyclic) bond motifs is 1. The summed E-state index contributed by atoms with van der Waals surface area (Å²) in [6.07, 6.45) is 0.970. The Kier molecular flexibility index (Phi) is 6.68. The van der Waals surface area contributed by atoms with Crippen LogP contribution in [0.5, 0.6) is 0 Å². The van der Waals surface area contributed by atoms with Gasteiger partial charge in [-0.2, -0.15) is 18.6 Å². The van der Waals surface area contributed by atoms with E-state index in [1.807, 2.05) is 0 Å². The summed E-state index contributed by atoms with van der Waals surface area (Å²) in [7, 11) is -2.17. The van der Waals surface area contributed by atoms with Crippen LogP contribution in [0.25, 0.3) is 0 Å². The van der Waals surface area contributed by atoms with Gasteiger partial charge in [0.1, 0.15) is 17.9 Å². The van der Waals surface area contributed by atoms with Gasteiger partial charge in [-0.15, -0.1) is 0 Å². The van der Waals surface area contributed by atoms with Crippen molar-refractivity contribution < 1.29 is 26.9 Å². The molecule has 2 rings (SSSR count). The zero-order chi connectivity index (χ0) is 22.0. The first kappa shape index (κ1) is 22.8. The largest absolute Gasteiger partial charge is 0.444 e. The third kappa shape index (κ3) is 6.53. The number of rotatable bonds is 5. The first-order chi connectivity index (χ1) is 13.3. The van der Waals surface area contributed by atoms with Gasteiger partial charge >= 0.3 is 6.09 Å². The second kappa shape index (κ2) is 8.49. The number of H-pyrrole nitrogens is 1. The van der Waals surface area contributed by atoms with Crippen LogP contribution in [0, 0.1) is 0 Å². The number of carbonyl (C=O) groups excluding carboxylic acids is 2. The van der Waals surface area contributed by atoms with E-state index in [0.29, 0.717) is 29.9 Å². The molecule has 1 aromatic heterocycles. The number of hydrogen-bond acceptors (Lipinski definition) is 8. The fourth-order valence-corrected chi connectivity index (χ4v) is 3.02.